The lowest BCUT2D eigenvalue weighted by molar-refractivity contribution is -0.142. The van der Waals surface area contributed by atoms with E-state index in [4.69, 9.17) is 4.74 Å². The second kappa shape index (κ2) is 6.61. The zero-order valence-electron chi connectivity index (χ0n) is 14.4. The molecule has 0 radical (unpaired) electrons. The van der Waals surface area contributed by atoms with Crippen LogP contribution in [0.2, 0.25) is 0 Å². The molecule has 0 aliphatic carbocycles. The van der Waals surface area contributed by atoms with Crippen LogP contribution in [0.5, 0.6) is 0 Å². The van der Waals surface area contributed by atoms with Crippen LogP contribution >= 0.6 is 11.3 Å². The lowest BCUT2D eigenvalue weighted by atomic mass is 10.2. The molecule has 5 nitrogen and oxygen atoms in total. The Kier molecular flexibility index (Phi) is 4.31. The van der Waals surface area contributed by atoms with Crippen LogP contribution in [-0.2, 0) is 16.0 Å². The third-order valence-electron chi connectivity index (χ3n) is 4.46. The number of rotatable bonds is 3. The van der Waals surface area contributed by atoms with Gasteiger partial charge in [0.2, 0.25) is 5.91 Å². The number of carbonyl (C=O) groups is 1. The molecule has 1 amide bonds. The second-order valence-corrected chi connectivity index (χ2v) is 7.44. The molecule has 2 atom stereocenters. The first-order valence-electron chi connectivity index (χ1n) is 8.54. The van der Waals surface area contributed by atoms with E-state index in [1.807, 2.05) is 65.1 Å². The Morgan fingerprint density at radius 2 is 1.96 bits per heavy atom. The molecule has 4 rings (SSSR count). The molecule has 1 fully saturated rings. The van der Waals surface area contributed by atoms with E-state index in [-0.39, 0.29) is 18.1 Å². The first-order valence-corrected chi connectivity index (χ1v) is 9.42. The Labute approximate surface area is 150 Å². The fourth-order valence-corrected chi connectivity index (χ4v) is 4.23. The molecular formula is C19H21N3O2S. The number of ether oxygens (including phenoxy) is 1. The van der Waals surface area contributed by atoms with Crippen molar-refractivity contribution in [3.63, 3.8) is 0 Å². The molecule has 1 aliphatic heterocycles. The average molecular weight is 355 g/mol. The molecule has 0 spiro atoms. The molecule has 1 saturated heterocycles. The van der Waals surface area contributed by atoms with Gasteiger partial charge in [-0.05, 0) is 13.8 Å². The average Bonchev–Trinajstić information content (AvgIpc) is 3.17. The molecule has 0 saturated carbocycles. The number of amides is 1. The van der Waals surface area contributed by atoms with Gasteiger partial charge in [-0.15, -0.1) is 11.3 Å². The van der Waals surface area contributed by atoms with Crippen LogP contribution in [0, 0.1) is 0 Å². The minimum atomic E-state index is 0.0909. The first-order chi connectivity index (χ1) is 12.1. The van der Waals surface area contributed by atoms with E-state index in [0.717, 1.165) is 21.9 Å². The van der Waals surface area contributed by atoms with Crippen LogP contribution < -0.4 is 0 Å². The topological polar surface area (TPSA) is 46.8 Å². The van der Waals surface area contributed by atoms with E-state index in [2.05, 4.69) is 4.98 Å². The Hall–Kier alpha value is -2.18. The van der Waals surface area contributed by atoms with E-state index < -0.39 is 0 Å². The summed E-state index contributed by atoms with van der Waals surface area (Å²) in [6, 6.07) is 10.1. The van der Waals surface area contributed by atoms with Gasteiger partial charge >= 0.3 is 0 Å². The Balaban J connectivity index is 1.55. The molecule has 1 aromatic carbocycles. The minimum Gasteiger partial charge on any atom is -0.372 e. The standard InChI is InChI=1S/C19H21N3O2S/c1-13-9-21(10-14(2)24-13)18(23)8-16-12-25-19-20-17(11-22(16)19)15-6-4-3-5-7-15/h3-7,11-14H,8-10H2,1-2H3/t13-,14-/m0/s1. The fraction of sp³-hybridized carbons (Fsp3) is 0.368. The lowest BCUT2D eigenvalue weighted by Gasteiger charge is -2.35. The second-order valence-electron chi connectivity index (χ2n) is 6.60. The highest BCUT2D eigenvalue weighted by Crippen LogP contribution is 2.24. The van der Waals surface area contributed by atoms with Gasteiger partial charge in [0.25, 0.3) is 0 Å². The van der Waals surface area contributed by atoms with Crippen molar-refractivity contribution in [3.8, 4) is 11.3 Å². The summed E-state index contributed by atoms with van der Waals surface area (Å²) in [5, 5.41) is 2.03. The number of fused-ring (bicyclic) bond motifs is 1. The van der Waals surface area contributed by atoms with Crippen LogP contribution in [0.25, 0.3) is 16.2 Å². The molecule has 0 bridgehead atoms. The number of aromatic nitrogens is 2. The van der Waals surface area contributed by atoms with Gasteiger partial charge in [-0.2, -0.15) is 0 Å². The molecule has 0 unspecified atom stereocenters. The van der Waals surface area contributed by atoms with Crippen LogP contribution in [0.4, 0.5) is 0 Å². The summed E-state index contributed by atoms with van der Waals surface area (Å²) in [6.07, 6.45) is 2.60. The van der Waals surface area contributed by atoms with Gasteiger partial charge < -0.3 is 9.64 Å². The maximum Gasteiger partial charge on any atom is 0.228 e. The quantitative estimate of drug-likeness (QED) is 0.725. The number of hydrogen-bond acceptors (Lipinski definition) is 4. The number of thiazole rings is 1. The zero-order valence-corrected chi connectivity index (χ0v) is 15.2. The summed E-state index contributed by atoms with van der Waals surface area (Å²) in [7, 11) is 0. The highest BCUT2D eigenvalue weighted by atomic mass is 32.1. The molecule has 3 heterocycles. The van der Waals surface area contributed by atoms with Crippen molar-refractivity contribution in [2.75, 3.05) is 13.1 Å². The van der Waals surface area contributed by atoms with Gasteiger partial charge in [-0.1, -0.05) is 30.3 Å². The number of nitrogens with zero attached hydrogens (tertiary/aromatic N) is 3. The van der Waals surface area contributed by atoms with Crippen molar-refractivity contribution in [3.05, 3.63) is 47.6 Å². The summed E-state index contributed by atoms with van der Waals surface area (Å²) >= 11 is 1.58. The summed E-state index contributed by atoms with van der Waals surface area (Å²) in [6.45, 7) is 5.35. The van der Waals surface area contributed by atoms with E-state index >= 15 is 0 Å². The maximum absolute atomic E-state index is 12.7. The van der Waals surface area contributed by atoms with Gasteiger partial charge in [0.1, 0.15) is 0 Å². The molecule has 130 valence electrons. The van der Waals surface area contributed by atoms with Gasteiger partial charge in [-0.25, -0.2) is 4.98 Å². The summed E-state index contributed by atoms with van der Waals surface area (Å²) in [5.74, 6) is 0.150. The molecule has 25 heavy (non-hydrogen) atoms. The normalized spacial score (nSPS) is 21.0. The predicted octanol–water partition coefficient (Wildman–Crippen LogP) is 3.24. The van der Waals surface area contributed by atoms with Crippen molar-refractivity contribution < 1.29 is 9.53 Å². The predicted molar refractivity (Wildman–Crippen MR) is 98.8 cm³/mol. The molecule has 0 N–H and O–H groups in total. The number of hydrogen-bond donors (Lipinski definition) is 0. The Bertz CT molecular complexity index is 877. The van der Waals surface area contributed by atoms with Crippen LogP contribution in [0.1, 0.15) is 19.5 Å². The third kappa shape index (κ3) is 3.32. The maximum atomic E-state index is 12.7. The van der Waals surface area contributed by atoms with Crippen molar-refractivity contribution in [1.29, 1.82) is 0 Å². The fourth-order valence-electron chi connectivity index (χ4n) is 3.35. The van der Waals surface area contributed by atoms with Crippen molar-refractivity contribution in [2.24, 2.45) is 0 Å². The van der Waals surface area contributed by atoms with Crippen molar-refractivity contribution >= 4 is 22.2 Å². The van der Waals surface area contributed by atoms with E-state index in [1.54, 1.807) is 11.3 Å². The highest BCUT2D eigenvalue weighted by molar-refractivity contribution is 7.15. The highest BCUT2D eigenvalue weighted by Gasteiger charge is 2.26. The number of benzene rings is 1. The van der Waals surface area contributed by atoms with E-state index in [1.165, 1.54) is 0 Å². The summed E-state index contributed by atoms with van der Waals surface area (Å²) in [5.41, 5.74) is 3.02. The van der Waals surface area contributed by atoms with Crippen LogP contribution in [-0.4, -0.2) is 45.5 Å². The van der Waals surface area contributed by atoms with Gasteiger partial charge in [-0.3, -0.25) is 9.20 Å². The van der Waals surface area contributed by atoms with Gasteiger partial charge in [0.15, 0.2) is 4.96 Å². The molecule has 3 aromatic rings. The number of imidazole rings is 1. The van der Waals surface area contributed by atoms with Crippen molar-refractivity contribution in [1.82, 2.24) is 14.3 Å². The Morgan fingerprint density at radius 3 is 2.68 bits per heavy atom. The molecule has 2 aromatic heterocycles. The largest absolute Gasteiger partial charge is 0.372 e. The van der Waals surface area contributed by atoms with E-state index in [9.17, 15) is 4.79 Å². The molecular weight excluding hydrogens is 334 g/mol. The Morgan fingerprint density at radius 1 is 1.24 bits per heavy atom. The van der Waals surface area contributed by atoms with E-state index in [0.29, 0.717) is 19.5 Å². The third-order valence-corrected chi connectivity index (χ3v) is 5.35. The van der Waals surface area contributed by atoms with Crippen molar-refractivity contribution in [2.45, 2.75) is 32.5 Å². The SMILES string of the molecule is C[C@H]1CN(C(=O)Cc2csc3nc(-c4ccccc4)cn23)C[C@H](C)O1. The van der Waals surface area contributed by atoms with Crippen LogP contribution in [0.15, 0.2) is 41.9 Å². The number of morpholine rings is 1. The lowest BCUT2D eigenvalue weighted by Crippen LogP contribution is -2.48. The zero-order chi connectivity index (χ0) is 17.4. The number of carbonyl (C=O) groups excluding carboxylic acids is 1. The summed E-state index contributed by atoms with van der Waals surface area (Å²) < 4.78 is 7.76. The first kappa shape index (κ1) is 16.3. The smallest absolute Gasteiger partial charge is 0.228 e. The van der Waals surface area contributed by atoms with Gasteiger partial charge in [0.05, 0.1) is 24.3 Å². The molecule has 1 aliphatic rings. The van der Waals surface area contributed by atoms with Gasteiger partial charge in [0, 0.05) is 35.9 Å². The van der Waals surface area contributed by atoms with Crippen LogP contribution in [0.3, 0.4) is 0 Å². The minimum absolute atomic E-state index is 0.0909. The summed E-state index contributed by atoms with van der Waals surface area (Å²) in [4.78, 5) is 20.2. The monoisotopic (exact) mass is 355 g/mol. The molecule has 6 heteroatoms.